The summed E-state index contributed by atoms with van der Waals surface area (Å²) in [6.07, 6.45) is 0.804. The summed E-state index contributed by atoms with van der Waals surface area (Å²) < 4.78 is 10.1. The van der Waals surface area contributed by atoms with Gasteiger partial charge in [0, 0.05) is 18.0 Å². The van der Waals surface area contributed by atoms with E-state index in [0.29, 0.717) is 24.2 Å². The molecule has 0 radical (unpaired) electrons. The minimum atomic E-state index is -0.255. The predicted molar refractivity (Wildman–Crippen MR) is 84.2 cm³/mol. The lowest BCUT2D eigenvalue weighted by molar-refractivity contribution is -0.143. The fourth-order valence-corrected chi connectivity index (χ4v) is 2.23. The number of aromatic nitrogens is 1. The SMILES string of the molecule is CCOC(=O)CCC(C)NC(=O)c1ccc2[nH]c(=S)oc2c1. The quantitative estimate of drug-likeness (QED) is 0.631. The van der Waals surface area contributed by atoms with Crippen molar-refractivity contribution in [2.24, 2.45) is 0 Å². The highest BCUT2D eigenvalue weighted by molar-refractivity contribution is 7.71. The Kier molecular flexibility index (Phi) is 5.32. The number of fused-ring (bicyclic) bond motifs is 1. The van der Waals surface area contributed by atoms with Crippen LogP contribution in [0.5, 0.6) is 0 Å². The lowest BCUT2D eigenvalue weighted by atomic mass is 10.1. The number of H-pyrrole nitrogens is 1. The molecule has 1 aromatic heterocycles. The van der Waals surface area contributed by atoms with Crippen LogP contribution in [0.25, 0.3) is 11.1 Å². The van der Waals surface area contributed by atoms with Crippen molar-refractivity contribution in [2.45, 2.75) is 32.7 Å². The number of aromatic amines is 1. The van der Waals surface area contributed by atoms with E-state index in [1.807, 2.05) is 6.92 Å². The Hall–Kier alpha value is -2.15. The highest BCUT2D eigenvalue weighted by Gasteiger charge is 2.13. The normalized spacial score (nSPS) is 12.1. The molecule has 0 saturated carbocycles. The van der Waals surface area contributed by atoms with Gasteiger partial charge in [-0.25, -0.2) is 0 Å². The molecule has 0 fully saturated rings. The second kappa shape index (κ2) is 7.22. The summed E-state index contributed by atoms with van der Waals surface area (Å²) in [5.74, 6) is -0.477. The van der Waals surface area contributed by atoms with Crippen LogP contribution in [0.4, 0.5) is 0 Å². The van der Waals surface area contributed by atoms with Gasteiger partial charge in [0.15, 0.2) is 5.58 Å². The summed E-state index contributed by atoms with van der Waals surface area (Å²) in [5.41, 5.74) is 1.77. The summed E-state index contributed by atoms with van der Waals surface area (Å²) in [4.78, 5) is 26.6. The van der Waals surface area contributed by atoms with E-state index in [-0.39, 0.29) is 29.2 Å². The van der Waals surface area contributed by atoms with Crippen LogP contribution in [0.1, 0.15) is 37.0 Å². The molecule has 2 aromatic rings. The first-order valence-electron chi connectivity index (χ1n) is 7.09. The van der Waals surface area contributed by atoms with Gasteiger partial charge in [-0.05, 0) is 50.7 Å². The Balaban J connectivity index is 1.95. The Morgan fingerprint density at radius 1 is 1.45 bits per heavy atom. The van der Waals surface area contributed by atoms with Gasteiger partial charge in [-0.1, -0.05) is 0 Å². The molecule has 6 nitrogen and oxygen atoms in total. The largest absolute Gasteiger partial charge is 0.466 e. The molecule has 118 valence electrons. The van der Waals surface area contributed by atoms with Crippen LogP contribution >= 0.6 is 12.2 Å². The molecule has 1 aromatic carbocycles. The molecule has 0 aliphatic rings. The first-order valence-corrected chi connectivity index (χ1v) is 7.49. The molecular formula is C15H18N2O4S. The Morgan fingerprint density at radius 3 is 2.95 bits per heavy atom. The molecule has 1 amide bonds. The topological polar surface area (TPSA) is 84.3 Å². The first-order chi connectivity index (χ1) is 10.5. The maximum atomic E-state index is 12.2. The van der Waals surface area contributed by atoms with Gasteiger partial charge in [-0.15, -0.1) is 0 Å². The third-order valence-corrected chi connectivity index (χ3v) is 3.33. The molecule has 1 unspecified atom stereocenters. The Morgan fingerprint density at radius 2 is 2.23 bits per heavy atom. The second-order valence-electron chi connectivity index (χ2n) is 4.94. The van der Waals surface area contributed by atoms with Crippen LogP contribution in [-0.2, 0) is 9.53 Å². The molecular weight excluding hydrogens is 304 g/mol. The Bertz CT molecular complexity index is 734. The zero-order valence-corrected chi connectivity index (χ0v) is 13.3. The third kappa shape index (κ3) is 4.17. The van der Waals surface area contributed by atoms with Gasteiger partial charge in [0.1, 0.15) is 0 Å². The number of amides is 1. The number of hydrogen-bond acceptors (Lipinski definition) is 5. The van der Waals surface area contributed by atoms with Crippen LogP contribution in [0.3, 0.4) is 0 Å². The number of esters is 1. The zero-order chi connectivity index (χ0) is 16.1. The summed E-state index contributed by atoms with van der Waals surface area (Å²) >= 11 is 4.91. The molecule has 0 bridgehead atoms. The van der Waals surface area contributed by atoms with Crippen molar-refractivity contribution in [1.82, 2.24) is 10.3 Å². The fraction of sp³-hybridized carbons (Fsp3) is 0.400. The third-order valence-electron chi connectivity index (χ3n) is 3.15. The average Bonchev–Trinajstić information content (AvgIpc) is 2.84. The smallest absolute Gasteiger partial charge is 0.305 e. The van der Waals surface area contributed by atoms with Crippen LogP contribution in [-0.4, -0.2) is 29.5 Å². The minimum Gasteiger partial charge on any atom is -0.466 e. The summed E-state index contributed by atoms with van der Waals surface area (Å²) in [6.45, 7) is 3.97. The number of carbonyl (C=O) groups is 2. The number of rotatable bonds is 6. The number of oxazole rings is 1. The minimum absolute atomic E-state index is 0.134. The molecule has 0 aliphatic carbocycles. The molecule has 0 aliphatic heterocycles. The van der Waals surface area contributed by atoms with Crippen molar-refractivity contribution in [3.63, 3.8) is 0 Å². The first kappa shape index (κ1) is 16.2. The molecule has 1 heterocycles. The van der Waals surface area contributed by atoms with Crippen LogP contribution in [0, 0.1) is 4.84 Å². The van der Waals surface area contributed by atoms with Gasteiger partial charge in [0.2, 0.25) is 0 Å². The van der Waals surface area contributed by atoms with E-state index in [1.165, 1.54) is 0 Å². The zero-order valence-electron chi connectivity index (χ0n) is 12.5. The maximum absolute atomic E-state index is 12.2. The summed E-state index contributed by atoms with van der Waals surface area (Å²) in [7, 11) is 0. The van der Waals surface area contributed by atoms with Crippen molar-refractivity contribution >= 4 is 35.2 Å². The fourth-order valence-electron chi connectivity index (χ4n) is 2.03. The number of benzene rings is 1. The van der Waals surface area contributed by atoms with Crippen molar-refractivity contribution in [1.29, 1.82) is 0 Å². The molecule has 7 heteroatoms. The molecule has 0 saturated heterocycles. The Labute approximate surface area is 132 Å². The van der Waals surface area contributed by atoms with E-state index in [4.69, 9.17) is 21.4 Å². The number of nitrogens with one attached hydrogen (secondary N) is 2. The second-order valence-corrected chi connectivity index (χ2v) is 5.31. The molecule has 0 spiro atoms. The van der Waals surface area contributed by atoms with Gasteiger partial charge >= 0.3 is 5.97 Å². The molecule has 22 heavy (non-hydrogen) atoms. The van der Waals surface area contributed by atoms with Crippen LogP contribution < -0.4 is 5.32 Å². The highest BCUT2D eigenvalue weighted by atomic mass is 32.1. The van der Waals surface area contributed by atoms with E-state index in [2.05, 4.69) is 10.3 Å². The van der Waals surface area contributed by atoms with Crippen molar-refractivity contribution < 1.29 is 18.7 Å². The summed E-state index contributed by atoms with van der Waals surface area (Å²) in [6, 6.07) is 4.93. The van der Waals surface area contributed by atoms with E-state index < -0.39 is 0 Å². The van der Waals surface area contributed by atoms with Crippen LogP contribution in [0.2, 0.25) is 0 Å². The molecule has 2 N–H and O–H groups in total. The van der Waals surface area contributed by atoms with Crippen molar-refractivity contribution in [2.75, 3.05) is 6.61 Å². The standard InChI is InChI=1S/C15H18N2O4S/c1-3-20-13(18)7-4-9(2)16-14(19)10-5-6-11-12(8-10)21-15(22)17-11/h5-6,8-9H,3-4,7H2,1-2H3,(H,16,19)(H,17,22). The summed E-state index contributed by atoms with van der Waals surface area (Å²) in [5, 5.41) is 2.84. The number of carbonyl (C=O) groups excluding carboxylic acids is 2. The van der Waals surface area contributed by atoms with Crippen molar-refractivity contribution in [3.8, 4) is 0 Å². The van der Waals surface area contributed by atoms with Crippen LogP contribution in [0.15, 0.2) is 22.6 Å². The molecule has 2 rings (SSSR count). The van der Waals surface area contributed by atoms with Crippen molar-refractivity contribution in [3.05, 3.63) is 28.6 Å². The van der Waals surface area contributed by atoms with Gasteiger partial charge in [-0.2, -0.15) is 0 Å². The highest BCUT2D eigenvalue weighted by Crippen LogP contribution is 2.15. The van der Waals surface area contributed by atoms with E-state index in [1.54, 1.807) is 25.1 Å². The lowest BCUT2D eigenvalue weighted by Crippen LogP contribution is -2.33. The van der Waals surface area contributed by atoms with E-state index in [9.17, 15) is 9.59 Å². The lowest BCUT2D eigenvalue weighted by Gasteiger charge is -2.13. The van der Waals surface area contributed by atoms with Gasteiger partial charge in [0.05, 0.1) is 12.1 Å². The predicted octanol–water partition coefficient (Wildman–Crippen LogP) is 2.95. The van der Waals surface area contributed by atoms with E-state index in [0.717, 1.165) is 5.52 Å². The van der Waals surface area contributed by atoms with Gasteiger partial charge in [-0.3, -0.25) is 9.59 Å². The van der Waals surface area contributed by atoms with E-state index >= 15 is 0 Å². The average molecular weight is 322 g/mol. The van der Waals surface area contributed by atoms with Gasteiger partial charge in [0.25, 0.3) is 10.7 Å². The monoisotopic (exact) mass is 322 g/mol. The number of ether oxygens (including phenoxy) is 1. The van der Waals surface area contributed by atoms with Gasteiger partial charge < -0.3 is 19.5 Å². The molecule has 1 atom stereocenters. The maximum Gasteiger partial charge on any atom is 0.305 e. The number of hydrogen-bond donors (Lipinski definition) is 2.